The monoisotopic (exact) mass is 237 g/mol. The maximum Gasteiger partial charge on any atom is 0.187 e. The molecule has 1 aromatic heterocycles. The molecule has 0 N–H and O–H groups in total. The van der Waals surface area contributed by atoms with E-state index < -0.39 is 0 Å². The van der Waals surface area contributed by atoms with Gasteiger partial charge in [0.1, 0.15) is 0 Å². The van der Waals surface area contributed by atoms with Crippen LogP contribution in [0.5, 0.6) is 0 Å². The molecule has 2 nitrogen and oxygen atoms in total. The Morgan fingerprint density at radius 1 is 1.11 bits per heavy atom. The lowest BCUT2D eigenvalue weighted by molar-refractivity contribution is 0.104. The third kappa shape index (κ3) is 3.67. The van der Waals surface area contributed by atoms with Crippen LogP contribution in [-0.4, -0.2) is 10.8 Å². The average Bonchev–Trinajstić information content (AvgIpc) is 2.45. The van der Waals surface area contributed by atoms with Crippen molar-refractivity contribution in [1.82, 2.24) is 4.98 Å². The molecule has 1 heterocycles. The van der Waals surface area contributed by atoms with Gasteiger partial charge in [-0.3, -0.25) is 9.78 Å². The van der Waals surface area contributed by atoms with Crippen LogP contribution in [-0.2, 0) is 6.42 Å². The molecule has 0 spiro atoms. The Labute approximate surface area is 107 Å². The molecule has 0 aliphatic rings. The lowest BCUT2D eigenvalue weighted by Gasteiger charge is -1.96. The molecular weight excluding hydrogens is 222 g/mol. The first-order valence-electron chi connectivity index (χ1n) is 6.01. The van der Waals surface area contributed by atoms with Crippen molar-refractivity contribution >= 4 is 5.78 Å². The van der Waals surface area contributed by atoms with Crippen molar-refractivity contribution in [3.63, 3.8) is 0 Å². The maximum absolute atomic E-state index is 11.7. The molecule has 0 amide bonds. The highest BCUT2D eigenvalue weighted by Gasteiger charge is 1.99. The van der Waals surface area contributed by atoms with Crippen molar-refractivity contribution < 1.29 is 4.79 Å². The molecule has 2 heteroatoms. The van der Waals surface area contributed by atoms with Crippen LogP contribution in [0.3, 0.4) is 0 Å². The molecule has 0 saturated carbocycles. The van der Waals surface area contributed by atoms with Crippen LogP contribution < -0.4 is 0 Å². The summed E-state index contributed by atoms with van der Waals surface area (Å²) in [6, 6.07) is 13.8. The Kier molecular flexibility index (Phi) is 4.42. The average molecular weight is 237 g/mol. The van der Waals surface area contributed by atoms with Gasteiger partial charge in [0.05, 0.1) is 0 Å². The van der Waals surface area contributed by atoms with Crippen LogP contribution in [0.25, 0.3) is 0 Å². The van der Waals surface area contributed by atoms with Crippen LogP contribution in [0.1, 0.15) is 22.3 Å². The van der Waals surface area contributed by atoms with Gasteiger partial charge in [-0.2, -0.15) is 0 Å². The number of rotatable bonds is 5. The standard InChI is InChI=1S/C16H15NO/c18-16(15-10-6-12-17-13-15)11-5-4-9-14-7-2-1-3-8-14/h1-3,5-8,10-13H,4,9H2/b11-5+. The number of aromatic nitrogens is 1. The summed E-state index contributed by atoms with van der Waals surface area (Å²) < 4.78 is 0. The summed E-state index contributed by atoms with van der Waals surface area (Å²) in [7, 11) is 0. The zero-order valence-electron chi connectivity index (χ0n) is 10.1. The van der Waals surface area contributed by atoms with Gasteiger partial charge >= 0.3 is 0 Å². The normalized spacial score (nSPS) is 10.7. The zero-order valence-corrected chi connectivity index (χ0v) is 10.1. The second-order valence-electron chi connectivity index (χ2n) is 4.03. The van der Waals surface area contributed by atoms with E-state index in [0.29, 0.717) is 5.56 Å². The van der Waals surface area contributed by atoms with Crippen LogP contribution >= 0.6 is 0 Å². The predicted molar refractivity (Wildman–Crippen MR) is 72.5 cm³/mol. The van der Waals surface area contributed by atoms with Gasteiger partial charge in [-0.15, -0.1) is 0 Å². The Balaban J connectivity index is 1.84. The number of nitrogens with zero attached hydrogens (tertiary/aromatic N) is 1. The largest absolute Gasteiger partial charge is 0.289 e. The molecule has 0 aliphatic heterocycles. The summed E-state index contributed by atoms with van der Waals surface area (Å²) in [5.74, 6) is 0.0103. The lowest BCUT2D eigenvalue weighted by atomic mass is 10.1. The van der Waals surface area contributed by atoms with Gasteiger partial charge in [0, 0.05) is 18.0 Å². The van der Waals surface area contributed by atoms with E-state index in [9.17, 15) is 4.79 Å². The van der Waals surface area contributed by atoms with Crippen LogP contribution in [0.15, 0.2) is 67.0 Å². The maximum atomic E-state index is 11.7. The van der Waals surface area contributed by atoms with Crippen molar-refractivity contribution in [2.24, 2.45) is 0 Å². The number of ketones is 1. The molecule has 0 fully saturated rings. The van der Waals surface area contributed by atoms with Crippen molar-refractivity contribution in [1.29, 1.82) is 0 Å². The summed E-state index contributed by atoms with van der Waals surface area (Å²) >= 11 is 0. The number of carbonyl (C=O) groups excluding carboxylic acids is 1. The van der Waals surface area contributed by atoms with E-state index in [-0.39, 0.29) is 5.78 Å². The Hall–Kier alpha value is -2.22. The van der Waals surface area contributed by atoms with E-state index in [1.165, 1.54) is 5.56 Å². The number of benzene rings is 1. The van der Waals surface area contributed by atoms with E-state index in [2.05, 4.69) is 17.1 Å². The van der Waals surface area contributed by atoms with Gasteiger partial charge in [-0.25, -0.2) is 0 Å². The quantitative estimate of drug-likeness (QED) is 0.589. The zero-order chi connectivity index (χ0) is 12.6. The minimum absolute atomic E-state index is 0.0103. The smallest absolute Gasteiger partial charge is 0.187 e. The van der Waals surface area contributed by atoms with E-state index >= 15 is 0 Å². The highest BCUT2D eigenvalue weighted by Crippen LogP contribution is 2.04. The predicted octanol–water partition coefficient (Wildman–Crippen LogP) is 3.45. The first-order chi connectivity index (χ1) is 8.86. The van der Waals surface area contributed by atoms with Gasteiger partial charge in [-0.05, 0) is 36.6 Å². The Morgan fingerprint density at radius 3 is 2.67 bits per heavy atom. The van der Waals surface area contributed by atoms with Crippen molar-refractivity contribution in [2.45, 2.75) is 12.8 Å². The second kappa shape index (κ2) is 6.50. The van der Waals surface area contributed by atoms with E-state index in [0.717, 1.165) is 12.8 Å². The van der Waals surface area contributed by atoms with Crippen molar-refractivity contribution in [3.05, 3.63) is 78.1 Å². The Morgan fingerprint density at radius 2 is 1.94 bits per heavy atom. The van der Waals surface area contributed by atoms with Gasteiger partial charge in [0.25, 0.3) is 0 Å². The Bertz CT molecular complexity index is 517. The lowest BCUT2D eigenvalue weighted by Crippen LogP contribution is -1.94. The highest BCUT2D eigenvalue weighted by atomic mass is 16.1. The number of hydrogen-bond donors (Lipinski definition) is 0. The van der Waals surface area contributed by atoms with Crippen LogP contribution in [0.4, 0.5) is 0 Å². The fourth-order valence-electron chi connectivity index (χ4n) is 1.69. The molecule has 2 aromatic rings. The second-order valence-corrected chi connectivity index (χ2v) is 4.03. The summed E-state index contributed by atoms with van der Waals surface area (Å²) in [6.07, 6.45) is 8.62. The molecule has 18 heavy (non-hydrogen) atoms. The molecule has 1 aromatic carbocycles. The molecule has 2 rings (SSSR count). The fourth-order valence-corrected chi connectivity index (χ4v) is 1.69. The summed E-state index contributed by atoms with van der Waals surface area (Å²) in [6.45, 7) is 0. The van der Waals surface area contributed by atoms with Gasteiger partial charge in [0.2, 0.25) is 0 Å². The summed E-state index contributed by atoms with van der Waals surface area (Å²) in [4.78, 5) is 15.7. The molecule has 0 aliphatic carbocycles. The number of aryl methyl sites for hydroxylation is 1. The SMILES string of the molecule is O=C(/C=C/CCc1ccccc1)c1cccnc1. The molecule has 90 valence electrons. The summed E-state index contributed by atoms with van der Waals surface area (Å²) in [5, 5.41) is 0. The number of hydrogen-bond acceptors (Lipinski definition) is 2. The molecule has 0 saturated heterocycles. The third-order valence-corrected chi connectivity index (χ3v) is 2.66. The number of allylic oxidation sites excluding steroid dienone is 2. The first kappa shape index (κ1) is 12.2. The molecule has 0 atom stereocenters. The van der Waals surface area contributed by atoms with Gasteiger partial charge in [-0.1, -0.05) is 36.4 Å². The third-order valence-electron chi connectivity index (χ3n) is 2.66. The molecule has 0 bridgehead atoms. The topological polar surface area (TPSA) is 30.0 Å². The van der Waals surface area contributed by atoms with E-state index in [4.69, 9.17) is 0 Å². The fraction of sp³-hybridized carbons (Fsp3) is 0.125. The molecule has 0 radical (unpaired) electrons. The van der Waals surface area contributed by atoms with Crippen LogP contribution in [0.2, 0.25) is 0 Å². The van der Waals surface area contributed by atoms with Crippen LogP contribution in [0, 0.1) is 0 Å². The molecule has 0 unspecified atom stereocenters. The highest BCUT2D eigenvalue weighted by molar-refractivity contribution is 6.04. The van der Waals surface area contributed by atoms with E-state index in [1.54, 1.807) is 30.6 Å². The molecular formula is C16H15NO. The van der Waals surface area contributed by atoms with Gasteiger partial charge < -0.3 is 0 Å². The number of pyridine rings is 1. The minimum Gasteiger partial charge on any atom is -0.289 e. The van der Waals surface area contributed by atoms with Gasteiger partial charge in [0.15, 0.2) is 5.78 Å². The van der Waals surface area contributed by atoms with E-state index in [1.807, 2.05) is 24.3 Å². The first-order valence-corrected chi connectivity index (χ1v) is 6.01. The summed E-state index contributed by atoms with van der Waals surface area (Å²) in [5.41, 5.74) is 1.92. The van der Waals surface area contributed by atoms with Crippen molar-refractivity contribution in [2.75, 3.05) is 0 Å². The number of carbonyl (C=O) groups is 1. The van der Waals surface area contributed by atoms with Crippen molar-refractivity contribution in [3.8, 4) is 0 Å². The minimum atomic E-state index is 0.0103.